The third-order valence-electron chi connectivity index (χ3n) is 7.39. The second-order valence-electron chi connectivity index (χ2n) is 10.0. The standard InChI is InChI=1S/C32H29N5O4/c1-22-19-27(29(23-11-5-2-6-12-23)37(22)25-15-9-4-10-16-25)31(38)36-18-17-35(32(39)40)21-26(36)20-28-33-34-30(41-28)24-13-7-3-8-14-24/h2-16,19,26H,17-18,20-21H2,1H3,(H,39,40). The van der Waals surface area contributed by atoms with E-state index in [0.29, 0.717) is 17.3 Å². The lowest BCUT2D eigenvalue weighted by Gasteiger charge is -2.40. The summed E-state index contributed by atoms with van der Waals surface area (Å²) < 4.78 is 8.04. The Morgan fingerprint density at radius 2 is 1.51 bits per heavy atom. The van der Waals surface area contributed by atoms with Gasteiger partial charge in [0.1, 0.15) is 0 Å². The van der Waals surface area contributed by atoms with Gasteiger partial charge in [-0.3, -0.25) is 4.79 Å². The van der Waals surface area contributed by atoms with Gasteiger partial charge in [0.15, 0.2) is 0 Å². The second-order valence-corrected chi connectivity index (χ2v) is 10.0. The summed E-state index contributed by atoms with van der Waals surface area (Å²) in [5.41, 5.74) is 4.93. The van der Waals surface area contributed by atoms with E-state index in [1.54, 1.807) is 4.90 Å². The van der Waals surface area contributed by atoms with E-state index in [2.05, 4.69) is 14.8 Å². The van der Waals surface area contributed by atoms with E-state index in [-0.39, 0.29) is 32.0 Å². The maximum atomic E-state index is 14.4. The number of hydrogen-bond donors (Lipinski definition) is 1. The van der Waals surface area contributed by atoms with E-state index in [9.17, 15) is 14.7 Å². The fourth-order valence-corrected chi connectivity index (χ4v) is 5.45. The number of rotatable bonds is 6. The van der Waals surface area contributed by atoms with Gasteiger partial charge in [0.05, 0.1) is 17.3 Å². The summed E-state index contributed by atoms with van der Waals surface area (Å²) in [5, 5.41) is 18.1. The number of aromatic nitrogens is 3. The first kappa shape index (κ1) is 26.1. The van der Waals surface area contributed by atoms with Crippen molar-refractivity contribution >= 4 is 12.0 Å². The lowest BCUT2D eigenvalue weighted by Crippen LogP contribution is -2.57. The highest BCUT2D eigenvalue weighted by Gasteiger charge is 2.36. The lowest BCUT2D eigenvalue weighted by atomic mass is 10.0. The zero-order valence-electron chi connectivity index (χ0n) is 22.6. The fourth-order valence-electron chi connectivity index (χ4n) is 5.45. The summed E-state index contributed by atoms with van der Waals surface area (Å²) in [6, 6.07) is 30.7. The van der Waals surface area contributed by atoms with Gasteiger partial charge < -0.3 is 23.9 Å². The Morgan fingerprint density at radius 1 is 0.878 bits per heavy atom. The molecule has 2 aromatic heterocycles. The number of benzene rings is 3. The van der Waals surface area contributed by atoms with E-state index in [1.165, 1.54) is 4.90 Å². The third-order valence-corrected chi connectivity index (χ3v) is 7.39. The van der Waals surface area contributed by atoms with Gasteiger partial charge in [-0.25, -0.2) is 4.79 Å². The second kappa shape index (κ2) is 11.1. The quantitative estimate of drug-likeness (QED) is 0.299. The van der Waals surface area contributed by atoms with Crippen molar-refractivity contribution in [1.29, 1.82) is 0 Å². The normalized spacial score (nSPS) is 15.2. The third kappa shape index (κ3) is 5.21. The van der Waals surface area contributed by atoms with E-state index in [0.717, 1.165) is 28.2 Å². The topological polar surface area (TPSA) is 105 Å². The highest BCUT2D eigenvalue weighted by atomic mass is 16.4. The van der Waals surface area contributed by atoms with Crippen LogP contribution in [0.15, 0.2) is 101 Å². The molecule has 1 fully saturated rings. The molecular weight excluding hydrogens is 518 g/mol. The van der Waals surface area contributed by atoms with Gasteiger partial charge in [-0.05, 0) is 42.8 Å². The number of carboxylic acid groups (broad SMARTS) is 1. The number of hydrogen-bond acceptors (Lipinski definition) is 5. The van der Waals surface area contributed by atoms with Gasteiger partial charge in [0.25, 0.3) is 5.91 Å². The summed E-state index contributed by atoms with van der Waals surface area (Å²) in [4.78, 5) is 29.4. The minimum atomic E-state index is -1.02. The molecule has 1 saturated heterocycles. The summed E-state index contributed by atoms with van der Waals surface area (Å²) in [6.07, 6.45) is -0.789. The summed E-state index contributed by atoms with van der Waals surface area (Å²) in [7, 11) is 0. The van der Waals surface area contributed by atoms with Crippen LogP contribution in [-0.2, 0) is 6.42 Å². The Labute approximate surface area is 237 Å². The number of para-hydroxylation sites is 1. The first-order valence-corrected chi connectivity index (χ1v) is 13.5. The Balaban J connectivity index is 1.37. The molecule has 0 aliphatic carbocycles. The first-order valence-electron chi connectivity index (χ1n) is 13.5. The van der Waals surface area contributed by atoms with Crippen molar-refractivity contribution in [1.82, 2.24) is 24.6 Å². The number of amides is 2. The average molecular weight is 548 g/mol. The molecule has 0 bridgehead atoms. The molecule has 9 nitrogen and oxygen atoms in total. The summed E-state index contributed by atoms with van der Waals surface area (Å²) in [5.74, 6) is 0.561. The van der Waals surface area contributed by atoms with Crippen molar-refractivity contribution in [3.63, 3.8) is 0 Å². The fraction of sp³-hybridized carbons (Fsp3) is 0.188. The smallest absolute Gasteiger partial charge is 0.407 e. The maximum Gasteiger partial charge on any atom is 0.407 e. The van der Waals surface area contributed by atoms with Crippen molar-refractivity contribution < 1.29 is 19.1 Å². The highest BCUT2D eigenvalue weighted by Crippen LogP contribution is 2.33. The van der Waals surface area contributed by atoms with E-state index >= 15 is 0 Å². The van der Waals surface area contributed by atoms with Crippen LogP contribution in [0.2, 0.25) is 0 Å². The minimum Gasteiger partial charge on any atom is -0.465 e. The molecule has 1 aliphatic rings. The van der Waals surface area contributed by atoms with Crippen molar-refractivity contribution in [3.8, 4) is 28.4 Å². The van der Waals surface area contributed by atoms with Crippen LogP contribution < -0.4 is 0 Å². The Hall–Kier alpha value is -5.18. The van der Waals surface area contributed by atoms with Gasteiger partial charge >= 0.3 is 6.09 Å². The van der Waals surface area contributed by atoms with Crippen molar-refractivity contribution in [2.75, 3.05) is 19.6 Å². The Bertz CT molecular complexity index is 1660. The lowest BCUT2D eigenvalue weighted by molar-refractivity contribution is 0.0440. The van der Waals surface area contributed by atoms with E-state index < -0.39 is 12.1 Å². The van der Waals surface area contributed by atoms with Crippen LogP contribution in [-0.4, -0.2) is 67.3 Å². The van der Waals surface area contributed by atoms with Crippen LogP contribution in [0.5, 0.6) is 0 Å². The monoisotopic (exact) mass is 547 g/mol. The number of aryl methyl sites for hydroxylation is 1. The molecule has 206 valence electrons. The van der Waals surface area contributed by atoms with Gasteiger partial charge in [0.2, 0.25) is 11.8 Å². The number of carbonyl (C=O) groups excluding carboxylic acids is 1. The highest BCUT2D eigenvalue weighted by molar-refractivity contribution is 6.01. The van der Waals surface area contributed by atoms with Crippen molar-refractivity contribution in [3.05, 3.63) is 114 Å². The molecule has 1 aliphatic heterocycles. The molecule has 1 N–H and O–H groups in total. The zero-order valence-corrected chi connectivity index (χ0v) is 22.6. The van der Waals surface area contributed by atoms with Gasteiger partial charge in [-0.15, -0.1) is 10.2 Å². The van der Waals surface area contributed by atoms with Gasteiger partial charge in [-0.1, -0.05) is 66.7 Å². The zero-order chi connectivity index (χ0) is 28.3. The molecule has 0 saturated carbocycles. The van der Waals surface area contributed by atoms with Gasteiger partial charge in [-0.2, -0.15) is 0 Å². The van der Waals surface area contributed by atoms with Crippen molar-refractivity contribution in [2.24, 2.45) is 0 Å². The summed E-state index contributed by atoms with van der Waals surface area (Å²) >= 11 is 0. The SMILES string of the molecule is Cc1cc(C(=O)N2CCN(C(=O)O)CC2Cc2nnc(-c3ccccc3)o2)c(-c2ccccc2)n1-c1ccccc1. The van der Waals surface area contributed by atoms with Crippen LogP contribution in [0.1, 0.15) is 21.9 Å². The largest absolute Gasteiger partial charge is 0.465 e. The number of piperazine rings is 1. The van der Waals surface area contributed by atoms with Crippen LogP contribution in [0.25, 0.3) is 28.4 Å². The number of nitrogens with zero attached hydrogens (tertiary/aromatic N) is 5. The molecule has 3 aromatic carbocycles. The minimum absolute atomic E-state index is 0.142. The van der Waals surface area contributed by atoms with Crippen LogP contribution in [0.4, 0.5) is 4.79 Å². The molecule has 5 aromatic rings. The molecule has 3 heterocycles. The molecule has 1 atom stereocenters. The summed E-state index contributed by atoms with van der Waals surface area (Å²) in [6.45, 7) is 2.60. The average Bonchev–Trinajstić information content (AvgIpc) is 3.62. The van der Waals surface area contributed by atoms with Crippen LogP contribution in [0, 0.1) is 6.92 Å². The maximum absolute atomic E-state index is 14.4. The molecule has 6 rings (SSSR count). The van der Waals surface area contributed by atoms with E-state index in [1.807, 2.05) is 104 Å². The molecule has 0 radical (unpaired) electrons. The first-order chi connectivity index (χ1) is 20.0. The van der Waals surface area contributed by atoms with Crippen LogP contribution >= 0.6 is 0 Å². The Kier molecular flexibility index (Phi) is 7.08. The predicted molar refractivity (Wildman–Crippen MR) is 154 cm³/mol. The molecule has 9 heteroatoms. The van der Waals surface area contributed by atoms with Gasteiger partial charge in [0, 0.05) is 43.0 Å². The molecular formula is C32H29N5O4. The Morgan fingerprint density at radius 3 is 2.17 bits per heavy atom. The molecule has 1 unspecified atom stereocenters. The molecule has 0 spiro atoms. The molecule has 2 amide bonds. The predicted octanol–water partition coefficient (Wildman–Crippen LogP) is 5.55. The number of carbonyl (C=O) groups is 2. The molecule has 41 heavy (non-hydrogen) atoms. The van der Waals surface area contributed by atoms with Crippen molar-refractivity contribution in [2.45, 2.75) is 19.4 Å². The van der Waals surface area contributed by atoms with E-state index in [4.69, 9.17) is 4.42 Å². The van der Waals surface area contributed by atoms with Crippen LogP contribution in [0.3, 0.4) is 0 Å².